The normalized spacial score (nSPS) is 10.9. The number of aromatic nitrogens is 2. The van der Waals surface area contributed by atoms with Crippen LogP contribution in [-0.2, 0) is 11.8 Å². The first-order valence-corrected chi connectivity index (χ1v) is 8.50. The van der Waals surface area contributed by atoms with Crippen molar-refractivity contribution in [3.8, 4) is 0 Å². The van der Waals surface area contributed by atoms with Crippen molar-refractivity contribution in [1.29, 1.82) is 0 Å². The molecule has 1 amide bonds. The maximum absolute atomic E-state index is 12.3. The van der Waals surface area contributed by atoms with Crippen LogP contribution < -0.4 is 9.88 Å². The Morgan fingerprint density at radius 2 is 1.83 bits per heavy atom. The quantitative estimate of drug-likeness (QED) is 0.571. The minimum absolute atomic E-state index is 0.00561. The molecule has 0 atom stereocenters. The topological polar surface area (TPSA) is 48.8 Å². The minimum atomic E-state index is 0.00561. The first kappa shape index (κ1) is 15.6. The summed E-state index contributed by atoms with van der Waals surface area (Å²) >= 11 is 1.51. The van der Waals surface area contributed by atoms with Crippen LogP contribution in [0.5, 0.6) is 0 Å². The van der Waals surface area contributed by atoms with Crippen LogP contribution >= 0.6 is 11.8 Å². The van der Waals surface area contributed by atoms with Gasteiger partial charge >= 0.3 is 5.16 Å². The number of hydrogen-bond acceptors (Lipinski definition) is 2. The third kappa shape index (κ3) is 3.24. The number of nitrogens with zero attached hydrogens (tertiary/aromatic N) is 1. The molecule has 0 aliphatic rings. The summed E-state index contributed by atoms with van der Waals surface area (Å²) in [6, 6.07) is 14.1. The Morgan fingerprint density at radius 3 is 2.52 bits per heavy atom. The van der Waals surface area contributed by atoms with Crippen molar-refractivity contribution in [3.63, 3.8) is 0 Å². The van der Waals surface area contributed by atoms with Crippen molar-refractivity contribution in [2.45, 2.75) is 19.0 Å². The highest BCUT2D eigenvalue weighted by Gasteiger charge is 2.17. The van der Waals surface area contributed by atoms with E-state index in [9.17, 15) is 4.79 Å². The van der Waals surface area contributed by atoms with Gasteiger partial charge in [0.2, 0.25) is 5.91 Å². The van der Waals surface area contributed by atoms with Crippen molar-refractivity contribution in [2.24, 2.45) is 7.05 Å². The first-order chi connectivity index (χ1) is 11.1. The van der Waals surface area contributed by atoms with Gasteiger partial charge in [0.1, 0.15) is 0 Å². The number of anilines is 1. The summed E-state index contributed by atoms with van der Waals surface area (Å²) in [7, 11) is 2.00. The van der Waals surface area contributed by atoms with Gasteiger partial charge in [-0.2, -0.15) is 0 Å². The second kappa shape index (κ2) is 6.46. The van der Waals surface area contributed by atoms with Gasteiger partial charge in [-0.05, 0) is 48.9 Å². The molecule has 4 nitrogen and oxygen atoms in total. The van der Waals surface area contributed by atoms with E-state index in [0.29, 0.717) is 5.75 Å². The third-order valence-corrected chi connectivity index (χ3v) is 4.95. The molecule has 3 rings (SSSR count). The number of thioether (sulfide) groups is 1. The van der Waals surface area contributed by atoms with Crippen LogP contribution in [0.2, 0.25) is 0 Å². The lowest BCUT2D eigenvalue weighted by molar-refractivity contribution is -0.683. The molecular weight excluding hydrogens is 306 g/mol. The number of benzene rings is 2. The zero-order valence-corrected chi connectivity index (χ0v) is 14.3. The molecule has 23 heavy (non-hydrogen) atoms. The molecule has 1 aromatic heterocycles. The van der Waals surface area contributed by atoms with Gasteiger partial charge in [0.05, 0.1) is 12.8 Å². The molecule has 5 heteroatoms. The standard InChI is InChI=1S/C18H19N3OS/c1-12-7-6-8-13(2)17(12)20-16(22)11-23-18-19-14-9-4-5-10-15(14)21(18)3/h4-10H,11H2,1-3H3,(H,20,22)/p+1. The van der Waals surface area contributed by atoms with Crippen molar-refractivity contribution in [2.75, 3.05) is 11.1 Å². The Bertz CT molecular complexity index is 850. The predicted octanol–water partition coefficient (Wildman–Crippen LogP) is 3.34. The molecule has 3 aromatic rings. The van der Waals surface area contributed by atoms with Gasteiger partial charge in [0.15, 0.2) is 11.0 Å². The lowest BCUT2D eigenvalue weighted by Gasteiger charge is -2.10. The Hall–Kier alpha value is -2.27. The number of H-pyrrole nitrogens is 1. The van der Waals surface area contributed by atoms with Crippen LogP contribution in [0.25, 0.3) is 11.0 Å². The second-order valence-corrected chi connectivity index (χ2v) is 6.57. The Balaban J connectivity index is 1.70. The van der Waals surface area contributed by atoms with Gasteiger partial charge in [-0.25, -0.2) is 9.55 Å². The summed E-state index contributed by atoms with van der Waals surface area (Å²) in [6.07, 6.45) is 0. The van der Waals surface area contributed by atoms with E-state index in [1.165, 1.54) is 11.8 Å². The number of amides is 1. The van der Waals surface area contributed by atoms with E-state index in [0.717, 1.165) is 33.0 Å². The van der Waals surface area contributed by atoms with E-state index in [1.807, 2.05) is 57.3 Å². The number of carbonyl (C=O) groups excluding carboxylic acids is 1. The number of carbonyl (C=O) groups is 1. The molecule has 0 aliphatic carbocycles. The van der Waals surface area contributed by atoms with E-state index >= 15 is 0 Å². The zero-order chi connectivity index (χ0) is 16.4. The Morgan fingerprint density at radius 1 is 1.13 bits per heavy atom. The van der Waals surface area contributed by atoms with E-state index in [2.05, 4.69) is 20.9 Å². The van der Waals surface area contributed by atoms with Crippen LogP contribution in [0.4, 0.5) is 5.69 Å². The van der Waals surface area contributed by atoms with Crippen LogP contribution in [0.1, 0.15) is 11.1 Å². The maximum atomic E-state index is 12.3. The zero-order valence-electron chi connectivity index (χ0n) is 13.5. The van der Waals surface area contributed by atoms with Crippen LogP contribution in [0.3, 0.4) is 0 Å². The van der Waals surface area contributed by atoms with Gasteiger partial charge in [0.25, 0.3) is 0 Å². The van der Waals surface area contributed by atoms with Crippen molar-refractivity contribution < 1.29 is 9.36 Å². The van der Waals surface area contributed by atoms with Gasteiger partial charge < -0.3 is 5.32 Å². The van der Waals surface area contributed by atoms with E-state index in [1.54, 1.807) is 0 Å². The predicted molar refractivity (Wildman–Crippen MR) is 94.7 cm³/mol. The summed E-state index contributed by atoms with van der Waals surface area (Å²) < 4.78 is 2.08. The van der Waals surface area contributed by atoms with Crippen molar-refractivity contribution in [1.82, 2.24) is 4.98 Å². The van der Waals surface area contributed by atoms with Gasteiger partial charge in [0, 0.05) is 5.69 Å². The number of para-hydroxylation sites is 3. The van der Waals surface area contributed by atoms with E-state index in [4.69, 9.17) is 0 Å². The molecule has 118 valence electrons. The van der Waals surface area contributed by atoms with Crippen LogP contribution in [0, 0.1) is 13.8 Å². The largest absolute Gasteiger partial charge is 0.325 e. The lowest BCUT2D eigenvalue weighted by atomic mass is 10.1. The highest BCUT2D eigenvalue weighted by Crippen LogP contribution is 2.21. The Kier molecular flexibility index (Phi) is 4.39. The summed E-state index contributed by atoms with van der Waals surface area (Å²) in [5, 5.41) is 3.99. The number of aryl methyl sites for hydroxylation is 3. The molecular formula is C18H20N3OS+. The number of imidazole rings is 1. The summed E-state index contributed by atoms with van der Waals surface area (Å²) in [5.41, 5.74) is 5.29. The molecule has 0 saturated carbocycles. The number of rotatable bonds is 4. The second-order valence-electron chi connectivity index (χ2n) is 5.61. The average Bonchev–Trinajstić information content (AvgIpc) is 2.86. The van der Waals surface area contributed by atoms with Gasteiger partial charge in [-0.1, -0.05) is 30.3 Å². The molecule has 0 bridgehead atoms. The van der Waals surface area contributed by atoms with Crippen LogP contribution in [-0.4, -0.2) is 16.6 Å². The maximum Gasteiger partial charge on any atom is 0.317 e. The molecule has 1 heterocycles. The fraction of sp³-hybridized carbons (Fsp3) is 0.222. The minimum Gasteiger partial charge on any atom is -0.325 e. The SMILES string of the molecule is Cc1cccc(C)c1NC(=O)CSc1[nH]c2ccccc2[n+]1C. The number of nitrogens with one attached hydrogen (secondary N) is 2. The molecule has 0 radical (unpaired) electrons. The molecule has 2 aromatic carbocycles. The number of aromatic amines is 1. The number of fused-ring (bicyclic) bond motifs is 1. The first-order valence-electron chi connectivity index (χ1n) is 7.52. The summed E-state index contributed by atoms with van der Waals surface area (Å²) in [4.78, 5) is 15.6. The summed E-state index contributed by atoms with van der Waals surface area (Å²) in [5.74, 6) is 0.375. The molecule has 0 spiro atoms. The van der Waals surface area contributed by atoms with Crippen molar-refractivity contribution in [3.05, 3.63) is 53.6 Å². The highest BCUT2D eigenvalue weighted by molar-refractivity contribution is 7.99. The third-order valence-electron chi connectivity index (χ3n) is 3.90. The molecule has 0 unspecified atom stereocenters. The van der Waals surface area contributed by atoms with Gasteiger partial charge in [-0.15, -0.1) is 0 Å². The highest BCUT2D eigenvalue weighted by atomic mass is 32.2. The van der Waals surface area contributed by atoms with E-state index in [-0.39, 0.29) is 5.91 Å². The smallest absolute Gasteiger partial charge is 0.317 e. The van der Waals surface area contributed by atoms with Crippen molar-refractivity contribution >= 4 is 34.4 Å². The fourth-order valence-corrected chi connectivity index (χ4v) is 3.45. The van der Waals surface area contributed by atoms with Crippen LogP contribution in [0.15, 0.2) is 47.6 Å². The molecule has 2 N–H and O–H groups in total. The van der Waals surface area contributed by atoms with E-state index < -0.39 is 0 Å². The fourth-order valence-electron chi connectivity index (χ4n) is 2.63. The molecule has 0 fully saturated rings. The number of hydrogen-bond donors (Lipinski definition) is 2. The Labute approximate surface area is 139 Å². The monoisotopic (exact) mass is 326 g/mol. The molecule has 0 saturated heterocycles. The lowest BCUT2D eigenvalue weighted by Crippen LogP contribution is -2.29. The van der Waals surface area contributed by atoms with Gasteiger partial charge in [-0.3, -0.25) is 4.79 Å². The molecule has 0 aliphatic heterocycles. The average molecular weight is 326 g/mol. The summed E-state index contributed by atoms with van der Waals surface area (Å²) in [6.45, 7) is 4.01.